The van der Waals surface area contributed by atoms with Crippen molar-refractivity contribution in [3.8, 4) is 0 Å². The van der Waals surface area contributed by atoms with Crippen LogP contribution in [0.1, 0.15) is 21.9 Å². The Morgan fingerprint density at radius 1 is 0.880 bits per heavy atom. The highest BCUT2D eigenvalue weighted by molar-refractivity contribution is 7.99. The predicted molar refractivity (Wildman–Crippen MR) is 101 cm³/mol. The lowest BCUT2D eigenvalue weighted by atomic mass is 9.94. The summed E-state index contributed by atoms with van der Waals surface area (Å²) in [5.41, 5.74) is 5.99. The molecule has 2 unspecified atom stereocenters. The Morgan fingerprint density at radius 3 is 2.52 bits per heavy atom. The summed E-state index contributed by atoms with van der Waals surface area (Å²) in [5.74, 6) is 0.117. The number of hydrogen-bond acceptors (Lipinski definition) is 2. The molecule has 25 heavy (non-hydrogen) atoms. The zero-order chi connectivity index (χ0) is 16.8. The highest BCUT2D eigenvalue weighted by atomic mass is 32.2. The Balaban J connectivity index is 1.70. The number of fused-ring (bicyclic) bond motifs is 4. The van der Waals surface area contributed by atoms with Gasteiger partial charge in [0.05, 0.1) is 11.4 Å². The number of aliphatic imine (C=N–C) groups is 1. The minimum absolute atomic E-state index is 0.189. The number of thioether (sulfide) groups is 1. The smallest absolute Gasteiger partial charge is 0.123 e. The van der Waals surface area contributed by atoms with Gasteiger partial charge in [-0.3, -0.25) is 4.99 Å². The van der Waals surface area contributed by atoms with E-state index in [-0.39, 0.29) is 11.1 Å². The third-order valence-corrected chi connectivity index (χ3v) is 6.46. The van der Waals surface area contributed by atoms with Gasteiger partial charge in [-0.1, -0.05) is 48.5 Å². The first-order valence-electron chi connectivity index (χ1n) is 8.47. The van der Waals surface area contributed by atoms with Crippen LogP contribution in [0.2, 0.25) is 0 Å². The van der Waals surface area contributed by atoms with Crippen molar-refractivity contribution < 1.29 is 4.39 Å². The van der Waals surface area contributed by atoms with Crippen LogP contribution in [0.5, 0.6) is 0 Å². The first-order chi connectivity index (χ1) is 12.3. The van der Waals surface area contributed by atoms with Gasteiger partial charge in [-0.25, -0.2) is 4.39 Å². The van der Waals surface area contributed by atoms with Gasteiger partial charge in [0.1, 0.15) is 5.82 Å². The van der Waals surface area contributed by atoms with Gasteiger partial charge in [0.25, 0.3) is 0 Å². The molecular formula is C22H16FNS. The molecule has 0 bridgehead atoms. The second-order valence-corrected chi connectivity index (χ2v) is 7.71. The molecule has 2 aliphatic rings. The Kier molecular flexibility index (Phi) is 3.49. The van der Waals surface area contributed by atoms with Crippen molar-refractivity contribution in [1.82, 2.24) is 0 Å². The van der Waals surface area contributed by atoms with Gasteiger partial charge in [0.2, 0.25) is 0 Å². The second-order valence-electron chi connectivity index (χ2n) is 6.52. The van der Waals surface area contributed by atoms with Crippen molar-refractivity contribution >= 4 is 23.2 Å². The topological polar surface area (TPSA) is 12.4 Å². The van der Waals surface area contributed by atoms with E-state index < -0.39 is 0 Å². The minimum atomic E-state index is -0.189. The van der Waals surface area contributed by atoms with E-state index in [1.54, 1.807) is 12.1 Å². The Hall–Kier alpha value is -2.39. The lowest BCUT2D eigenvalue weighted by Gasteiger charge is -2.22. The molecular weight excluding hydrogens is 329 g/mol. The van der Waals surface area contributed by atoms with Gasteiger partial charge in [-0.2, -0.15) is 0 Å². The van der Waals surface area contributed by atoms with Gasteiger partial charge >= 0.3 is 0 Å². The Bertz CT molecular complexity index is 977. The molecule has 0 fully saturated rings. The SMILES string of the molecule is Fc1ccc(C2Sc3ccccc3N=C3c4ccccc4CC32)cc1. The van der Waals surface area contributed by atoms with Crippen LogP contribution in [0.15, 0.2) is 82.7 Å². The Labute approximate surface area is 150 Å². The molecule has 3 aromatic rings. The standard InChI is InChI=1S/C22H16FNS/c23-16-11-9-14(10-12-16)22-18-13-15-5-1-2-6-17(15)21(18)24-19-7-3-4-8-20(19)25-22/h1-12,18,22H,13H2. The van der Waals surface area contributed by atoms with E-state index >= 15 is 0 Å². The van der Waals surface area contributed by atoms with Crippen molar-refractivity contribution in [3.05, 3.63) is 95.3 Å². The van der Waals surface area contributed by atoms with Gasteiger partial charge in [0.15, 0.2) is 0 Å². The van der Waals surface area contributed by atoms with Gasteiger partial charge in [-0.05, 0) is 47.4 Å². The fraction of sp³-hybridized carbons (Fsp3) is 0.136. The van der Waals surface area contributed by atoms with Crippen LogP contribution in [-0.2, 0) is 6.42 Å². The molecule has 3 heteroatoms. The summed E-state index contributed by atoms with van der Waals surface area (Å²) in [6.07, 6.45) is 0.984. The van der Waals surface area contributed by atoms with Crippen LogP contribution in [0.4, 0.5) is 10.1 Å². The summed E-state index contributed by atoms with van der Waals surface area (Å²) >= 11 is 1.85. The number of benzene rings is 3. The van der Waals surface area contributed by atoms with Crippen LogP contribution >= 0.6 is 11.8 Å². The maximum Gasteiger partial charge on any atom is 0.123 e. The largest absolute Gasteiger partial charge is 0.251 e. The number of rotatable bonds is 1. The fourth-order valence-corrected chi connectivity index (χ4v) is 5.17. The molecule has 0 aromatic heterocycles. The summed E-state index contributed by atoms with van der Waals surface area (Å²) in [6.45, 7) is 0. The highest BCUT2D eigenvalue weighted by Gasteiger charge is 2.37. The van der Waals surface area contributed by atoms with E-state index in [4.69, 9.17) is 4.99 Å². The van der Waals surface area contributed by atoms with Crippen LogP contribution in [0.3, 0.4) is 0 Å². The molecule has 122 valence electrons. The van der Waals surface area contributed by atoms with E-state index in [0.717, 1.165) is 17.7 Å². The zero-order valence-electron chi connectivity index (χ0n) is 13.5. The molecule has 2 atom stereocenters. The molecule has 0 saturated carbocycles. The molecule has 0 spiro atoms. The first kappa shape index (κ1) is 14.9. The maximum absolute atomic E-state index is 13.4. The third kappa shape index (κ3) is 2.50. The third-order valence-electron chi connectivity index (χ3n) is 5.01. The van der Waals surface area contributed by atoms with Crippen molar-refractivity contribution in [2.45, 2.75) is 16.6 Å². The number of halogens is 1. The lowest BCUT2D eigenvalue weighted by Crippen LogP contribution is -2.16. The predicted octanol–water partition coefficient (Wildman–Crippen LogP) is 5.97. The zero-order valence-corrected chi connectivity index (χ0v) is 14.3. The van der Waals surface area contributed by atoms with E-state index in [0.29, 0.717) is 5.92 Å². The molecule has 1 aliphatic heterocycles. The number of hydrogen-bond donors (Lipinski definition) is 0. The van der Waals surface area contributed by atoms with Gasteiger partial charge < -0.3 is 0 Å². The maximum atomic E-state index is 13.4. The van der Waals surface area contributed by atoms with E-state index in [1.165, 1.54) is 21.7 Å². The van der Waals surface area contributed by atoms with Crippen LogP contribution in [0, 0.1) is 11.7 Å². The summed E-state index contributed by atoms with van der Waals surface area (Å²) in [7, 11) is 0. The van der Waals surface area contributed by atoms with Crippen LogP contribution in [-0.4, -0.2) is 5.71 Å². The van der Waals surface area contributed by atoms with Crippen LogP contribution < -0.4 is 0 Å². The number of nitrogens with zero attached hydrogens (tertiary/aromatic N) is 1. The monoisotopic (exact) mass is 345 g/mol. The fourth-order valence-electron chi connectivity index (χ4n) is 3.83. The summed E-state index contributed by atoms with van der Waals surface area (Å²) in [4.78, 5) is 6.25. The molecule has 5 rings (SSSR count). The van der Waals surface area contributed by atoms with E-state index in [2.05, 4.69) is 42.5 Å². The molecule has 1 heterocycles. The molecule has 0 amide bonds. The molecule has 3 aromatic carbocycles. The first-order valence-corrected chi connectivity index (χ1v) is 9.35. The van der Waals surface area contributed by atoms with Crippen molar-refractivity contribution in [2.24, 2.45) is 10.9 Å². The van der Waals surface area contributed by atoms with E-state index in [9.17, 15) is 4.39 Å². The quantitative estimate of drug-likeness (QED) is 0.529. The summed E-state index contributed by atoms with van der Waals surface area (Å²) < 4.78 is 13.4. The van der Waals surface area contributed by atoms with E-state index in [1.807, 2.05) is 30.0 Å². The van der Waals surface area contributed by atoms with Crippen LogP contribution in [0.25, 0.3) is 0 Å². The molecule has 0 saturated heterocycles. The minimum Gasteiger partial charge on any atom is -0.251 e. The molecule has 1 nitrogen and oxygen atoms in total. The average Bonchev–Trinajstić information content (AvgIpc) is 2.92. The second kappa shape index (κ2) is 5.85. The lowest BCUT2D eigenvalue weighted by molar-refractivity contribution is 0.624. The average molecular weight is 345 g/mol. The molecule has 0 N–H and O–H groups in total. The van der Waals surface area contributed by atoms with Gasteiger partial charge in [-0.15, -0.1) is 11.8 Å². The number of para-hydroxylation sites is 1. The summed E-state index contributed by atoms with van der Waals surface area (Å²) in [5, 5.41) is 0.232. The van der Waals surface area contributed by atoms with Crippen molar-refractivity contribution in [3.63, 3.8) is 0 Å². The molecule has 0 radical (unpaired) electrons. The normalized spacial score (nSPS) is 20.9. The molecule has 1 aliphatic carbocycles. The Morgan fingerprint density at radius 2 is 1.64 bits per heavy atom. The van der Waals surface area contributed by atoms with Gasteiger partial charge in [0, 0.05) is 16.1 Å². The highest BCUT2D eigenvalue weighted by Crippen LogP contribution is 2.51. The van der Waals surface area contributed by atoms with Crippen molar-refractivity contribution in [2.75, 3.05) is 0 Å². The summed E-state index contributed by atoms with van der Waals surface area (Å²) in [6, 6.07) is 23.8. The van der Waals surface area contributed by atoms with Crippen molar-refractivity contribution in [1.29, 1.82) is 0 Å².